The molecule has 3 aromatic rings. The molecule has 0 atom stereocenters. The third-order valence-electron chi connectivity index (χ3n) is 5.26. The van der Waals surface area contributed by atoms with Crippen molar-refractivity contribution in [3.05, 3.63) is 65.4 Å². The van der Waals surface area contributed by atoms with Gasteiger partial charge in [-0.25, -0.2) is 0 Å². The van der Waals surface area contributed by atoms with E-state index in [0.29, 0.717) is 0 Å². The molecule has 1 aromatic heterocycles. The molecule has 0 spiro atoms. The standard InChI is InChI=1S/C23H30N2/c1-7-18-8-11-22-19(15-18)12-13-25(22)16-23(3,4)21-10-9-20(24(5)6)14-17(21)2/h8-15H,7,16H2,1-6H3. The maximum atomic E-state index is 2.40. The van der Waals surface area contributed by atoms with E-state index in [1.807, 2.05) is 0 Å². The third-order valence-corrected chi connectivity index (χ3v) is 5.26. The van der Waals surface area contributed by atoms with Gasteiger partial charge >= 0.3 is 0 Å². The quantitative estimate of drug-likeness (QED) is 0.593. The monoisotopic (exact) mass is 334 g/mol. The van der Waals surface area contributed by atoms with Gasteiger partial charge in [0.25, 0.3) is 0 Å². The lowest BCUT2D eigenvalue weighted by Gasteiger charge is -2.29. The Morgan fingerprint density at radius 1 is 1.00 bits per heavy atom. The fourth-order valence-corrected chi connectivity index (χ4v) is 3.80. The molecule has 25 heavy (non-hydrogen) atoms. The topological polar surface area (TPSA) is 8.17 Å². The van der Waals surface area contributed by atoms with Gasteiger partial charge in [-0.2, -0.15) is 0 Å². The summed E-state index contributed by atoms with van der Waals surface area (Å²) in [6.45, 7) is 10.1. The number of fused-ring (bicyclic) bond motifs is 1. The van der Waals surface area contributed by atoms with Crippen molar-refractivity contribution in [2.75, 3.05) is 19.0 Å². The molecular weight excluding hydrogens is 304 g/mol. The molecule has 0 aliphatic carbocycles. The highest BCUT2D eigenvalue weighted by molar-refractivity contribution is 5.81. The first-order valence-electron chi connectivity index (χ1n) is 9.18. The van der Waals surface area contributed by atoms with Crippen LogP contribution in [0.25, 0.3) is 10.9 Å². The lowest BCUT2D eigenvalue weighted by atomic mass is 9.81. The molecule has 0 amide bonds. The highest BCUT2D eigenvalue weighted by Crippen LogP contribution is 2.32. The minimum atomic E-state index is 0.0737. The van der Waals surface area contributed by atoms with Gasteiger partial charge in [0.15, 0.2) is 0 Å². The van der Waals surface area contributed by atoms with Gasteiger partial charge in [-0.1, -0.05) is 32.9 Å². The predicted molar refractivity (Wildman–Crippen MR) is 110 cm³/mol. The zero-order valence-corrected chi connectivity index (χ0v) is 16.4. The lowest BCUT2D eigenvalue weighted by Crippen LogP contribution is -2.25. The number of nitrogens with zero attached hydrogens (tertiary/aromatic N) is 2. The van der Waals surface area contributed by atoms with Crippen molar-refractivity contribution in [1.29, 1.82) is 0 Å². The molecule has 0 saturated carbocycles. The molecule has 2 aromatic carbocycles. The Morgan fingerprint density at radius 2 is 1.76 bits per heavy atom. The highest BCUT2D eigenvalue weighted by Gasteiger charge is 2.24. The molecule has 2 nitrogen and oxygen atoms in total. The average Bonchev–Trinajstić information content (AvgIpc) is 2.95. The van der Waals surface area contributed by atoms with E-state index in [1.165, 1.54) is 33.3 Å². The number of aromatic nitrogens is 1. The van der Waals surface area contributed by atoms with Gasteiger partial charge in [-0.05, 0) is 65.8 Å². The van der Waals surface area contributed by atoms with Crippen molar-refractivity contribution in [2.24, 2.45) is 0 Å². The second-order valence-corrected chi connectivity index (χ2v) is 7.97. The number of aryl methyl sites for hydroxylation is 2. The molecule has 0 unspecified atom stereocenters. The minimum absolute atomic E-state index is 0.0737. The van der Waals surface area contributed by atoms with Gasteiger partial charge in [0.2, 0.25) is 0 Å². The Morgan fingerprint density at radius 3 is 2.40 bits per heavy atom. The zero-order valence-electron chi connectivity index (χ0n) is 16.4. The van der Waals surface area contributed by atoms with E-state index in [9.17, 15) is 0 Å². The average molecular weight is 335 g/mol. The van der Waals surface area contributed by atoms with Crippen LogP contribution in [0, 0.1) is 6.92 Å². The molecular formula is C23H30N2. The summed E-state index contributed by atoms with van der Waals surface area (Å²) >= 11 is 0. The van der Waals surface area contributed by atoms with Crippen LogP contribution in [0.4, 0.5) is 5.69 Å². The lowest BCUT2D eigenvalue weighted by molar-refractivity contribution is 0.441. The summed E-state index contributed by atoms with van der Waals surface area (Å²) in [5.74, 6) is 0. The number of hydrogen-bond acceptors (Lipinski definition) is 1. The fourth-order valence-electron chi connectivity index (χ4n) is 3.80. The molecule has 132 valence electrons. The van der Waals surface area contributed by atoms with E-state index >= 15 is 0 Å². The number of hydrogen-bond donors (Lipinski definition) is 0. The van der Waals surface area contributed by atoms with E-state index in [4.69, 9.17) is 0 Å². The smallest absolute Gasteiger partial charge is 0.0480 e. The zero-order chi connectivity index (χ0) is 18.2. The maximum Gasteiger partial charge on any atom is 0.0480 e. The summed E-state index contributed by atoms with van der Waals surface area (Å²) in [7, 11) is 4.19. The Labute approximate surface area is 152 Å². The first-order valence-corrected chi connectivity index (χ1v) is 9.18. The highest BCUT2D eigenvalue weighted by atomic mass is 15.1. The minimum Gasteiger partial charge on any atom is -0.378 e. The van der Waals surface area contributed by atoms with Crippen LogP contribution in [0.1, 0.15) is 37.5 Å². The Bertz CT molecular complexity index is 884. The van der Waals surface area contributed by atoms with E-state index < -0.39 is 0 Å². The van der Waals surface area contributed by atoms with Crippen molar-refractivity contribution < 1.29 is 0 Å². The Hall–Kier alpha value is -2.22. The van der Waals surface area contributed by atoms with Crippen molar-refractivity contribution in [3.63, 3.8) is 0 Å². The molecule has 2 heteroatoms. The van der Waals surface area contributed by atoms with E-state index in [1.54, 1.807) is 0 Å². The van der Waals surface area contributed by atoms with Crippen molar-refractivity contribution in [1.82, 2.24) is 4.57 Å². The van der Waals surface area contributed by atoms with Crippen LogP contribution < -0.4 is 4.90 Å². The summed E-state index contributed by atoms with van der Waals surface area (Å²) in [5.41, 5.74) is 6.85. The molecule has 0 fully saturated rings. The number of rotatable bonds is 5. The van der Waals surface area contributed by atoms with E-state index in [0.717, 1.165) is 13.0 Å². The number of anilines is 1. The molecule has 0 saturated heterocycles. The maximum absolute atomic E-state index is 2.40. The summed E-state index contributed by atoms with van der Waals surface area (Å²) in [5, 5.41) is 1.34. The third kappa shape index (κ3) is 3.44. The largest absolute Gasteiger partial charge is 0.378 e. The van der Waals surface area contributed by atoms with Crippen LogP contribution in [0.15, 0.2) is 48.7 Å². The second-order valence-electron chi connectivity index (χ2n) is 7.97. The SMILES string of the molecule is CCc1ccc2c(ccn2CC(C)(C)c2ccc(N(C)C)cc2C)c1. The van der Waals surface area contributed by atoms with Crippen LogP contribution >= 0.6 is 0 Å². The molecule has 0 radical (unpaired) electrons. The molecule has 0 N–H and O–H groups in total. The van der Waals surface area contributed by atoms with Crippen molar-refractivity contribution in [3.8, 4) is 0 Å². The van der Waals surface area contributed by atoms with Crippen LogP contribution in [0.3, 0.4) is 0 Å². The number of benzene rings is 2. The van der Waals surface area contributed by atoms with Gasteiger partial charge in [-0.15, -0.1) is 0 Å². The van der Waals surface area contributed by atoms with Crippen LogP contribution in [0.2, 0.25) is 0 Å². The first kappa shape index (κ1) is 17.6. The molecule has 0 bridgehead atoms. The van der Waals surface area contributed by atoms with Crippen LogP contribution in [0.5, 0.6) is 0 Å². The Kier molecular flexibility index (Phi) is 4.64. The van der Waals surface area contributed by atoms with Crippen LogP contribution in [-0.4, -0.2) is 18.7 Å². The molecule has 0 aliphatic rings. The van der Waals surface area contributed by atoms with Gasteiger partial charge in [-0.3, -0.25) is 0 Å². The fraction of sp³-hybridized carbons (Fsp3) is 0.391. The molecule has 3 rings (SSSR count). The Balaban J connectivity index is 1.94. The summed E-state index contributed by atoms with van der Waals surface area (Å²) in [6.07, 6.45) is 3.32. The first-order chi connectivity index (χ1) is 11.8. The van der Waals surface area contributed by atoms with Crippen molar-refractivity contribution in [2.45, 2.75) is 46.1 Å². The van der Waals surface area contributed by atoms with Gasteiger partial charge < -0.3 is 9.47 Å². The second kappa shape index (κ2) is 6.59. The van der Waals surface area contributed by atoms with E-state index in [2.05, 4.69) is 99.9 Å². The summed E-state index contributed by atoms with van der Waals surface area (Å²) in [6, 6.07) is 15.9. The van der Waals surface area contributed by atoms with Crippen molar-refractivity contribution >= 4 is 16.6 Å². The van der Waals surface area contributed by atoms with Gasteiger partial charge in [0.05, 0.1) is 0 Å². The molecule has 1 heterocycles. The van der Waals surface area contributed by atoms with Gasteiger partial charge in [0, 0.05) is 43.5 Å². The van der Waals surface area contributed by atoms with E-state index in [-0.39, 0.29) is 5.41 Å². The summed E-state index contributed by atoms with van der Waals surface area (Å²) in [4.78, 5) is 2.16. The predicted octanol–water partition coefficient (Wildman–Crippen LogP) is 5.56. The van der Waals surface area contributed by atoms with Crippen LogP contribution in [-0.2, 0) is 18.4 Å². The van der Waals surface area contributed by atoms with Gasteiger partial charge in [0.1, 0.15) is 0 Å². The normalized spacial score (nSPS) is 11.9. The summed E-state index contributed by atoms with van der Waals surface area (Å²) < 4.78 is 2.40. The molecule has 0 aliphatic heterocycles.